The molecule has 0 atom stereocenters. The van der Waals surface area contributed by atoms with E-state index in [0.717, 1.165) is 48.4 Å². The van der Waals surface area contributed by atoms with Gasteiger partial charge in [0.25, 0.3) is 0 Å². The number of hydrogen-bond donors (Lipinski definition) is 1. The number of pyridine rings is 1. The highest BCUT2D eigenvalue weighted by Crippen LogP contribution is 2.30. The second-order valence-corrected chi connectivity index (χ2v) is 9.28. The molecule has 0 amide bonds. The van der Waals surface area contributed by atoms with Crippen molar-refractivity contribution < 1.29 is 14.3 Å². The monoisotopic (exact) mass is 454 g/mol. The van der Waals surface area contributed by atoms with Gasteiger partial charge in [-0.1, -0.05) is 18.2 Å². The number of carbonyl (C=O) groups excluding carboxylic acids is 1. The maximum atomic E-state index is 12.8. The van der Waals surface area contributed by atoms with Crippen LogP contribution in [-0.4, -0.2) is 82.3 Å². The molecule has 1 saturated heterocycles. The number of fused-ring (bicyclic) bond motifs is 3. The van der Waals surface area contributed by atoms with Crippen LogP contribution in [0.3, 0.4) is 0 Å². The van der Waals surface area contributed by atoms with Crippen LogP contribution in [0.25, 0.3) is 21.9 Å². The minimum Gasteiger partial charge on any atom is -0.457 e. The summed E-state index contributed by atoms with van der Waals surface area (Å²) in [5.74, 6) is 0.899. The van der Waals surface area contributed by atoms with Crippen molar-refractivity contribution in [1.82, 2.24) is 24.3 Å². The first-order chi connectivity index (χ1) is 15.8. The van der Waals surface area contributed by atoms with Crippen LogP contribution in [0.2, 0.25) is 0 Å². The van der Waals surface area contributed by atoms with Crippen LogP contribution in [0, 0.1) is 0 Å². The van der Waals surface area contributed by atoms with Crippen molar-refractivity contribution >= 4 is 33.7 Å². The molecule has 3 aromatic rings. The van der Waals surface area contributed by atoms with E-state index in [1.165, 1.54) is 0 Å². The van der Waals surface area contributed by atoms with Gasteiger partial charge in [-0.3, -0.25) is 9.69 Å². The Morgan fingerprint density at radius 1 is 1.15 bits per heavy atom. The number of esters is 1. The van der Waals surface area contributed by atoms with Crippen LogP contribution < -0.4 is 5.73 Å². The number of hydrogen-bond acceptors (Lipinski definition) is 8. The second kappa shape index (κ2) is 9.62. The van der Waals surface area contributed by atoms with E-state index in [4.69, 9.17) is 20.2 Å². The Bertz CT molecular complexity index is 1130. The number of ether oxygens (including phenoxy) is 2. The van der Waals surface area contributed by atoms with Gasteiger partial charge in [0.1, 0.15) is 23.5 Å². The average molecular weight is 455 g/mol. The summed E-state index contributed by atoms with van der Waals surface area (Å²) in [5, 5.41) is 0.955. The normalized spacial score (nSPS) is 16.0. The molecule has 9 nitrogen and oxygen atoms in total. The van der Waals surface area contributed by atoms with Gasteiger partial charge in [0, 0.05) is 38.2 Å². The summed E-state index contributed by atoms with van der Waals surface area (Å²) in [6.45, 7) is 11.1. The number of nitrogens with zero attached hydrogens (tertiary/aromatic N) is 5. The molecule has 2 aromatic heterocycles. The van der Waals surface area contributed by atoms with Gasteiger partial charge in [-0.05, 0) is 33.9 Å². The van der Waals surface area contributed by atoms with Gasteiger partial charge in [0.05, 0.1) is 24.1 Å². The van der Waals surface area contributed by atoms with Crippen molar-refractivity contribution in [1.29, 1.82) is 0 Å². The summed E-state index contributed by atoms with van der Waals surface area (Å²) >= 11 is 0. The average Bonchev–Trinajstić information content (AvgIpc) is 3.12. The fourth-order valence-corrected chi connectivity index (χ4v) is 4.32. The van der Waals surface area contributed by atoms with Crippen molar-refractivity contribution in [2.45, 2.75) is 39.5 Å². The molecule has 2 N–H and O–H groups in total. The Kier molecular flexibility index (Phi) is 6.83. The minimum atomic E-state index is -0.753. The molecule has 0 bridgehead atoms. The predicted molar refractivity (Wildman–Crippen MR) is 129 cm³/mol. The van der Waals surface area contributed by atoms with Crippen LogP contribution in [0.15, 0.2) is 24.3 Å². The van der Waals surface area contributed by atoms with Gasteiger partial charge < -0.3 is 24.7 Å². The second-order valence-electron chi connectivity index (χ2n) is 9.28. The molecule has 33 heavy (non-hydrogen) atoms. The quantitative estimate of drug-likeness (QED) is 0.518. The highest BCUT2D eigenvalue weighted by molar-refractivity contribution is 6.06. The molecule has 0 saturated carbocycles. The Morgan fingerprint density at radius 3 is 2.61 bits per heavy atom. The van der Waals surface area contributed by atoms with Crippen LogP contribution in [-0.2, 0) is 27.4 Å². The van der Waals surface area contributed by atoms with E-state index in [2.05, 4.69) is 26.4 Å². The first-order valence-corrected chi connectivity index (χ1v) is 11.5. The first-order valence-electron chi connectivity index (χ1n) is 11.5. The zero-order valence-electron chi connectivity index (χ0n) is 20.0. The van der Waals surface area contributed by atoms with E-state index in [1.54, 1.807) is 0 Å². The molecule has 178 valence electrons. The summed E-state index contributed by atoms with van der Waals surface area (Å²) in [4.78, 5) is 26.5. The Labute approximate surface area is 194 Å². The third-order valence-corrected chi connectivity index (χ3v) is 6.00. The number of carbonyl (C=O) groups is 1. The number of anilines is 1. The Hall–Kier alpha value is -2.75. The summed E-state index contributed by atoms with van der Waals surface area (Å²) in [5.41, 5.74) is 7.85. The molecule has 3 heterocycles. The summed E-state index contributed by atoms with van der Waals surface area (Å²) < 4.78 is 13.7. The number of likely N-dealkylation sites (N-methyl/N-ethyl adjacent to an activating group) is 1. The molecule has 1 aliphatic heterocycles. The zero-order valence-corrected chi connectivity index (χ0v) is 20.0. The summed E-state index contributed by atoms with van der Waals surface area (Å²) in [7, 11) is 2.10. The zero-order chi connectivity index (χ0) is 23.6. The van der Waals surface area contributed by atoms with Crippen molar-refractivity contribution in [3.8, 4) is 0 Å². The molecule has 1 aromatic carbocycles. The van der Waals surface area contributed by atoms with E-state index in [1.807, 2.05) is 45.0 Å². The van der Waals surface area contributed by atoms with Crippen molar-refractivity contribution in [2.75, 3.05) is 52.1 Å². The fraction of sp³-hybridized carbons (Fsp3) is 0.542. The topological polar surface area (TPSA) is 98.7 Å². The first kappa shape index (κ1) is 23.4. The largest absolute Gasteiger partial charge is 0.457 e. The minimum absolute atomic E-state index is 0.216. The smallest absolute Gasteiger partial charge is 0.320 e. The molecule has 0 unspecified atom stereocenters. The molecule has 0 aliphatic carbocycles. The highest BCUT2D eigenvalue weighted by Gasteiger charge is 2.29. The van der Waals surface area contributed by atoms with Gasteiger partial charge in [-0.25, -0.2) is 9.97 Å². The lowest BCUT2D eigenvalue weighted by atomic mass is 10.1. The Balaban J connectivity index is 1.62. The molecule has 9 heteroatoms. The van der Waals surface area contributed by atoms with Crippen molar-refractivity contribution in [2.24, 2.45) is 0 Å². The molecular weight excluding hydrogens is 420 g/mol. The third kappa shape index (κ3) is 5.26. The molecule has 1 aliphatic rings. The van der Waals surface area contributed by atoms with Crippen LogP contribution in [0.5, 0.6) is 0 Å². The van der Waals surface area contributed by atoms with E-state index in [9.17, 15) is 4.79 Å². The van der Waals surface area contributed by atoms with Crippen LogP contribution in [0.1, 0.15) is 26.6 Å². The highest BCUT2D eigenvalue weighted by atomic mass is 16.6. The number of rotatable bonds is 8. The van der Waals surface area contributed by atoms with Gasteiger partial charge in [0.15, 0.2) is 5.82 Å². The molecule has 0 radical (unpaired) electrons. The number of para-hydroxylation sites is 1. The number of aromatic nitrogens is 3. The lowest BCUT2D eigenvalue weighted by molar-refractivity contribution is -0.159. The number of imidazole rings is 1. The van der Waals surface area contributed by atoms with E-state index < -0.39 is 5.60 Å². The number of piperazine rings is 1. The van der Waals surface area contributed by atoms with Gasteiger partial charge in [-0.15, -0.1) is 0 Å². The van der Waals surface area contributed by atoms with Gasteiger partial charge >= 0.3 is 5.97 Å². The molecular formula is C24H34N6O3. The van der Waals surface area contributed by atoms with E-state index in [0.29, 0.717) is 37.6 Å². The fourth-order valence-electron chi connectivity index (χ4n) is 4.32. The maximum Gasteiger partial charge on any atom is 0.320 e. The number of benzene rings is 1. The summed E-state index contributed by atoms with van der Waals surface area (Å²) in [6.07, 6.45) is 0. The summed E-state index contributed by atoms with van der Waals surface area (Å²) in [6, 6.07) is 7.86. The molecule has 1 fully saturated rings. The predicted octanol–water partition coefficient (Wildman–Crippen LogP) is 2.27. The third-order valence-electron chi connectivity index (χ3n) is 6.00. The van der Waals surface area contributed by atoms with Gasteiger partial charge in [-0.2, -0.15) is 0 Å². The number of nitrogen functional groups attached to an aromatic ring is 1. The van der Waals surface area contributed by atoms with Gasteiger partial charge in [0.2, 0.25) is 0 Å². The van der Waals surface area contributed by atoms with E-state index >= 15 is 0 Å². The van der Waals surface area contributed by atoms with Crippen LogP contribution >= 0.6 is 0 Å². The standard InChI is InChI=1S/C24H34N6O3/c1-5-32-15-19-27-21-22(17-8-6-7-9-18(17)26-23(21)25)30(19)16-24(2,3)33-20(31)14-29-12-10-28(4)11-13-29/h6-9H,5,10-16H2,1-4H3,(H2,25,26). The molecule has 4 rings (SSSR count). The van der Waals surface area contributed by atoms with E-state index in [-0.39, 0.29) is 5.97 Å². The lowest BCUT2D eigenvalue weighted by Crippen LogP contribution is -2.47. The molecule has 0 spiro atoms. The Morgan fingerprint density at radius 2 is 1.88 bits per heavy atom. The van der Waals surface area contributed by atoms with Crippen LogP contribution in [0.4, 0.5) is 5.82 Å². The maximum absolute atomic E-state index is 12.8. The lowest BCUT2D eigenvalue weighted by Gasteiger charge is -2.33. The van der Waals surface area contributed by atoms with Crippen molar-refractivity contribution in [3.63, 3.8) is 0 Å². The van der Waals surface area contributed by atoms with Crippen molar-refractivity contribution in [3.05, 3.63) is 30.1 Å². The SMILES string of the molecule is CCOCc1nc2c(N)nc3ccccc3c2n1CC(C)(C)OC(=O)CN1CCN(C)CC1. The number of nitrogens with two attached hydrogens (primary N) is 1.